The zero-order valence-electron chi connectivity index (χ0n) is 15.6. The van der Waals surface area contributed by atoms with Crippen LogP contribution in [0.5, 0.6) is 5.75 Å². The number of hydrogen-bond donors (Lipinski definition) is 3. The molecular formula is C22H20N2O4. The molecule has 1 atom stereocenters. The van der Waals surface area contributed by atoms with Gasteiger partial charge in [-0.2, -0.15) is 5.26 Å². The standard InChI is InChI=1S/C22H20N2O4/c1-22(2)16-10-13(28-18(26)7-8-25)4-6-14(16)20(27)19-15-5-3-12(11-23)9-17(15)24-21(19)22/h3-6,9-10,18,24-26H,7-8H2,1-2H3/t18-/m1/s1. The minimum Gasteiger partial charge on any atom is -0.465 e. The van der Waals surface area contributed by atoms with Crippen LogP contribution in [0.2, 0.25) is 0 Å². The average Bonchev–Trinajstić information content (AvgIpc) is 3.06. The van der Waals surface area contributed by atoms with Gasteiger partial charge in [-0.3, -0.25) is 4.79 Å². The van der Waals surface area contributed by atoms with E-state index in [-0.39, 0.29) is 18.8 Å². The monoisotopic (exact) mass is 376 g/mol. The number of aliphatic hydroxyl groups is 2. The van der Waals surface area contributed by atoms with Crippen LogP contribution in [-0.2, 0) is 5.41 Å². The van der Waals surface area contributed by atoms with Crippen molar-refractivity contribution in [3.63, 3.8) is 0 Å². The van der Waals surface area contributed by atoms with E-state index in [0.717, 1.165) is 22.2 Å². The van der Waals surface area contributed by atoms with Crippen LogP contribution in [0.3, 0.4) is 0 Å². The van der Waals surface area contributed by atoms with Crippen molar-refractivity contribution in [3.8, 4) is 11.8 Å². The maximum atomic E-state index is 13.3. The van der Waals surface area contributed by atoms with Crippen molar-refractivity contribution in [2.75, 3.05) is 6.61 Å². The molecule has 0 saturated heterocycles. The van der Waals surface area contributed by atoms with Gasteiger partial charge >= 0.3 is 0 Å². The van der Waals surface area contributed by atoms with Gasteiger partial charge in [-0.1, -0.05) is 19.9 Å². The number of nitriles is 1. The Bertz CT molecular complexity index is 1140. The van der Waals surface area contributed by atoms with Gasteiger partial charge in [0.15, 0.2) is 12.1 Å². The van der Waals surface area contributed by atoms with Crippen molar-refractivity contribution < 1.29 is 19.7 Å². The Kier molecular flexibility index (Phi) is 4.22. The molecule has 3 N–H and O–H groups in total. The number of H-pyrrole nitrogens is 1. The van der Waals surface area contributed by atoms with E-state index in [9.17, 15) is 9.90 Å². The van der Waals surface area contributed by atoms with Gasteiger partial charge < -0.3 is 19.9 Å². The normalized spacial score (nSPS) is 15.6. The van der Waals surface area contributed by atoms with Gasteiger partial charge in [0.05, 0.1) is 17.2 Å². The number of hydrogen-bond acceptors (Lipinski definition) is 5. The summed E-state index contributed by atoms with van der Waals surface area (Å²) in [5.74, 6) is 0.356. The number of ether oxygens (including phenoxy) is 1. The van der Waals surface area contributed by atoms with Gasteiger partial charge in [-0.05, 0) is 35.9 Å². The largest absolute Gasteiger partial charge is 0.465 e. The summed E-state index contributed by atoms with van der Waals surface area (Å²) in [5.41, 5.74) is 3.59. The highest BCUT2D eigenvalue weighted by Gasteiger charge is 2.39. The number of fused-ring (bicyclic) bond motifs is 4. The van der Waals surface area contributed by atoms with Gasteiger partial charge in [-0.25, -0.2) is 0 Å². The van der Waals surface area contributed by atoms with Crippen LogP contribution in [0.15, 0.2) is 36.4 Å². The molecule has 0 aliphatic heterocycles. The highest BCUT2D eigenvalue weighted by atomic mass is 16.6. The molecule has 2 aromatic carbocycles. The number of nitrogens with one attached hydrogen (secondary N) is 1. The van der Waals surface area contributed by atoms with Gasteiger partial charge in [0, 0.05) is 40.6 Å². The van der Waals surface area contributed by atoms with E-state index < -0.39 is 11.7 Å². The van der Waals surface area contributed by atoms with Crippen LogP contribution >= 0.6 is 0 Å². The van der Waals surface area contributed by atoms with E-state index in [1.807, 2.05) is 19.9 Å². The molecule has 0 radical (unpaired) electrons. The molecule has 0 fully saturated rings. The molecule has 1 aromatic heterocycles. The van der Waals surface area contributed by atoms with E-state index in [0.29, 0.717) is 22.4 Å². The molecule has 6 heteroatoms. The molecule has 1 aliphatic carbocycles. The lowest BCUT2D eigenvalue weighted by atomic mass is 9.71. The van der Waals surface area contributed by atoms with Crippen molar-refractivity contribution >= 4 is 16.7 Å². The second-order valence-electron chi connectivity index (χ2n) is 7.49. The number of aromatic nitrogens is 1. The summed E-state index contributed by atoms with van der Waals surface area (Å²) >= 11 is 0. The van der Waals surface area contributed by atoms with Gasteiger partial charge in [0.25, 0.3) is 0 Å². The topological polar surface area (TPSA) is 106 Å². The number of rotatable bonds is 4. The van der Waals surface area contributed by atoms with E-state index in [1.54, 1.807) is 30.3 Å². The number of benzene rings is 2. The lowest BCUT2D eigenvalue weighted by molar-refractivity contribution is -0.0327. The van der Waals surface area contributed by atoms with Crippen molar-refractivity contribution in [2.45, 2.75) is 32.0 Å². The first kappa shape index (κ1) is 18.2. The van der Waals surface area contributed by atoms with Crippen LogP contribution in [0.1, 0.15) is 53.0 Å². The number of carbonyl (C=O) groups excluding carboxylic acids is 1. The van der Waals surface area contributed by atoms with E-state index in [1.165, 1.54) is 0 Å². The van der Waals surface area contributed by atoms with Crippen LogP contribution in [-0.4, -0.2) is 33.9 Å². The van der Waals surface area contributed by atoms with Crippen molar-refractivity contribution in [1.29, 1.82) is 5.26 Å². The fourth-order valence-corrected chi connectivity index (χ4v) is 3.88. The quantitative estimate of drug-likeness (QED) is 0.607. The number of nitrogens with zero attached hydrogens (tertiary/aromatic N) is 1. The fraction of sp³-hybridized carbons (Fsp3) is 0.273. The molecule has 3 aromatic rings. The third-order valence-electron chi connectivity index (χ3n) is 5.34. The van der Waals surface area contributed by atoms with E-state index >= 15 is 0 Å². The molecule has 6 nitrogen and oxygen atoms in total. The van der Waals surface area contributed by atoms with E-state index in [2.05, 4.69) is 11.1 Å². The molecule has 0 amide bonds. The second-order valence-corrected chi connectivity index (χ2v) is 7.49. The highest BCUT2D eigenvalue weighted by Crippen LogP contribution is 2.44. The molecule has 1 aliphatic rings. The maximum Gasteiger partial charge on any atom is 0.199 e. The summed E-state index contributed by atoms with van der Waals surface area (Å²) in [7, 11) is 0. The number of aliphatic hydroxyl groups excluding tert-OH is 2. The summed E-state index contributed by atoms with van der Waals surface area (Å²) in [6.07, 6.45) is -1.01. The maximum absolute atomic E-state index is 13.3. The summed E-state index contributed by atoms with van der Waals surface area (Å²) in [5, 5.41) is 28.7. The summed E-state index contributed by atoms with van der Waals surface area (Å²) in [4.78, 5) is 16.6. The first-order valence-electron chi connectivity index (χ1n) is 9.08. The van der Waals surface area contributed by atoms with Gasteiger partial charge in [-0.15, -0.1) is 0 Å². The predicted molar refractivity (Wildman–Crippen MR) is 103 cm³/mol. The van der Waals surface area contributed by atoms with Crippen LogP contribution in [0.4, 0.5) is 0 Å². The molecule has 0 saturated carbocycles. The summed E-state index contributed by atoms with van der Waals surface area (Å²) in [6, 6.07) is 12.5. The SMILES string of the molecule is CC1(C)c2cc(O[C@@H](O)CCO)ccc2C(=O)c2c1[nH]c1cc(C#N)ccc21. The third-order valence-corrected chi connectivity index (χ3v) is 5.34. The summed E-state index contributed by atoms with van der Waals surface area (Å²) < 4.78 is 5.46. The second kappa shape index (κ2) is 6.48. The first-order valence-corrected chi connectivity index (χ1v) is 9.08. The average molecular weight is 376 g/mol. The first-order chi connectivity index (χ1) is 13.4. The molecule has 1 heterocycles. The fourth-order valence-electron chi connectivity index (χ4n) is 3.88. The summed E-state index contributed by atoms with van der Waals surface area (Å²) in [6.45, 7) is 3.86. The molecule has 28 heavy (non-hydrogen) atoms. The minimum absolute atomic E-state index is 0.0808. The van der Waals surface area contributed by atoms with Crippen LogP contribution in [0, 0.1) is 11.3 Å². The molecular weight excluding hydrogens is 356 g/mol. The Hall–Kier alpha value is -3.14. The zero-order valence-corrected chi connectivity index (χ0v) is 15.6. The third kappa shape index (κ3) is 2.68. The molecule has 0 bridgehead atoms. The lowest BCUT2D eigenvalue weighted by Gasteiger charge is -2.32. The van der Waals surface area contributed by atoms with Crippen molar-refractivity contribution in [2.24, 2.45) is 0 Å². The smallest absolute Gasteiger partial charge is 0.199 e. The number of ketones is 1. The molecule has 4 rings (SSSR count). The van der Waals surface area contributed by atoms with Crippen molar-refractivity contribution in [3.05, 3.63) is 64.3 Å². The zero-order chi connectivity index (χ0) is 20.1. The highest BCUT2D eigenvalue weighted by molar-refractivity contribution is 6.20. The number of aromatic amines is 1. The van der Waals surface area contributed by atoms with Gasteiger partial charge in [0.2, 0.25) is 0 Å². The number of carbonyl (C=O) groups is 1. The predicted octanol–water partition coefficient (Wildman–Crippen LogP) is 2.99. The Labute approximate surface area is 162 Å². The van der Waals surface area contributed by atoms with Crippen LogP contribution < -0.4 is 4.74 Å². The molecule has 0 unspecified atom stereocenters. The Morgan fingerprint density at radius 1 is 1.25 bits per heavy atom. The Morgan fingerprint density at radius 2 is 2.04 bits per heavy atom. The van der Waals surface area contributed by atoms with E-state index in [4.69, 9.17) is 15.1 Å². The minimum atomic E-state index is -1.11. The van der Waals surface area contributed by atoms with Crippen LogP contribution in [0.25, 0.3) is 10.9 Å². The Balaban J connectivity index is 1.85. The molecule has 0 spiro atoms. The molecule has 142 valence electrons. The van der Waals surface area contributed by atoms with Gasteiger partial charge in [0.1, 0.15) is 5.75 Å². The Morgan fingerprint density at radius 3 is 2.75 bits per heavy atom. The van der Waals surface area contributed by atoms with Crippen molar-refractivity contribution in [1.82, 2.24) is 4.98 Å². The lowest BCUT2D eigenvalue weighted by Crippen LogP contribution is -2.30.